The maximum atomic E-state index is 12.7. The number of likely N-dealkylation sites (tertiary alicyclic amines) is 1. The Labute approximate surface area is 164 Å². The van der Waals surface area contributed by atoms with Crippen LogP contribution in [0.5, 0.6) is 0 Å². The molecular formula is C21H38N4O2. The van der Waals surface area contributed by atoms with Crippen LogP contribution in [0.1, 0.15) is 52.4 Å². The van der Waals surface area contributed by atoms with Crippen LogP contribution in [-0.2, 0) is 9.59 Å². The predicted molar refractivity (Wildman–Crippen MR) is 107 cm³/mol. The van der Waals surface area contributed by atoms with Gasteiger partial charge < -0.3 is 15.1 Å². The molecule has 3 rings (SSSR count). The van der Waals surface area contributed by atoms with Gasteiger partial charge in [-0.15, -0.1) is 0 Å². The molecule has 3 heterocycles. The minimum Gasteiger partial charge on any atom is -0.340 e. The van der Waals surface area contributed by atoms with Gasteiger partial charge in [-0.25, -0.2) is 0 Å². The number of nitrogens with one attached hydrogen (secondary N) is 1. The first-order valence-corrected chi connectivity index (χ1v) is 11.0. The van der Waals surface area contributed by atoms with Gasteiger partial charge in [-0.1, -0.05) is 6.92 Å². The van der Waals surface area contributed by atoms with Gasteiger partial charge in [-0.05, 0) is 64.0 Å². The summed E-state index contributed by atoms with van der Waals surface area (Å²) in [6.07, 6.45) is 6.56. The summed E-state index contributed by atoms with van der Waals surface area (Å²) in [7, 11) is 0. The summed E-state index contributed by atoms with van der Waals surface area (Å²) in [5.74, 6) is 1.72. The Kier molecular flexibility index (Phi) is 7.53. The molecule has 1 N–H and O–H groups in total. The standard InChI is InChI=1S/C21H38N4O2/c1-17(19-6-8-22-9-7-19)15-20(26)24-13-11-23(12-14-24)16-21(27)25-10-4-3-5-18(25)2/h17-19,22H,3-16H2,1-2H3. The molecule has 3 aliphatic rings. The zero-order valence-electron chi connectivity index (χ0n) is 17.3. The van der Waals surface area contributed by atoms with E-state index in [0.29, 0.717) is 36.8 Å². The van der Waals surface area contributed by atoms with Crippen molar-refractivity contribution in [1.82, 2.24) is 20.0 Å². The lowest BCUT2D eigenvalue weighted by Crippen LogP contribution is -2.53. The molecule has 3 fully saturated rings. The number of amides is 2. The third kappa shape index (κ3) is 5.67. The van der Waals surface area contributed by atoms with E-state index in [0.717, 1.165) is 58.7 Å². The average molecular weight is 379 g/mol. The summed E-state index contributed by atoms with van der Waals surface area (Å²) in [5.41, 5.74) is 0. The van der Waals surface area contributed by atoms with Gasteiger partial charge in [-0.2, -0.15) is 0 Å². The van der Waals surface area contributed by atoms with E-state index in [9.17, 15) is 9.59 Å². The fourth-order valence-electron chi connectivity index (χ4n) is 4.89. The van der Waals surface area contributed by atoms with Crippen molar-refractivity contribution in [3.8, 4) is 0 Å². The van der Waals surface area contributed by atoms with Crippen molar-refractivity contribution in [3.63, 3.8) is 0 Å². The molecule has 3 saturated heterocycles. The minimum absolute atomic E-state index is 0.265. The lowest BCUT2D eigenvalue weighted by Gasteiger charge is -2.38. The number of hydrogen-bond donors (Lipinski definition) is 1. The highest BCUT2D eigenvalue weighted by Crippen LogP contribution is 2.25. The maximum absolute atomic E-state index is 12.7. The molecule has 6 nitrogen and oxygen atoms in total. The molecule has 0 spiro atoms. The monoisotopic (exact) mass is 378 g/mol. The van der Waals surface area contributed by atoms with E-state index in [1.54, 1.807) is 0 Å². The van der Waals surface area contributed by atoms with Gasteiger partial charge in [0.15, 0.2) is 0 Å². The van der Waals surface area contributed by atoms with E-state index in [1.165, 1.54) is 19.3 Å². The number of piperazine rings is 1. The number of carbonyl (C=O) groups excluding carboxylic acids is 2. The van der Waals surface area contributed by atoms with Gasteiger partial charge in [0.05, 0.1) is 6.54 Å². The summed E-state index contributed by atoms with van der Waals surface area (Å²) in [6, 6.07) is 0.380. The number of piperidine rings is 2. The molecule has 0 aromatic carbocycles. The largest absolute Gasteiger partial charge is 0.340 e. The van der Waals surface area contributed by atoms with Crippen molar-refractivity contribution in [1.29, 1.82) is 0 Å². The number of hydrogen-bond acceptors (Lipinski definition) is 4. The Hall–Kier alpha value is -1.14. The maximum Gasteiger partial charge on any atom is 0.236 e. The molecule has 2 atom stereocenters. The van der Waals surface area contributed by atoms with Crippen LogP contribution in [0.2, 0.25) is 0 Å². The molecule has 3 aliphatic heterocycles. The highest BCUT2D eigenvalue weighted by atomic mass is 16.2. The second-order valence-electron chi connectivity index (χ2n) is 8.86. The zero-order chi connectivity index (χ0) is 19.2. The molecule has 0 radical (unpaired) electrons. The van der Waals surface area contributed by atoms with Crippen LogP contribution in [0.25, 0.3) is 0 Å². The SMILES string of the molecule is CC(CC(=O)N1CCN(CC(=O)N2CCCCC2C)CC1)C1CCNCC1. The van der Waals surface area contributed by atoms with E-state index < -0.39 is 0 Å². The van der Waals surface area contributed by atoms with Crippen molar-refractivity contribution in [2.24, 2.45) is 11.8 Å². The van der Waals surface area contributed by atoms with Gasteiger partial charge in [0.1, 0.15) is 0 Å². The number of rotatable bonds is 5. The normalized spacial score (nSPS) is 26.8. The van der Waals surface area contributed by atoms with E-state index in [2.05, 4.69) is 29.0 Å². The van der Waals surface area contributed by atoms with Crippen molar-refractivity contribution in [2.75, 3.05) is 52.4 Å². The summed E-state index contributed by atoms with van der Waals surface area (Å²) >= 11 is 0. The first-order valence-electron chi connectivity index (χ1n) is 11.0. The fourth-order valence-corrected chi connectivity index (χ4v) is 4.89. The van der Waals surface area contributed by atoms with Gasteiger partial charge in [-0.3, -0.25) is 14.5 Å². The first-order chi connectivity index (χ1) is 13.0. The minimum atomic E-state index is 0.265. The second-order valence-corrected chi connectivity index (χ2v) is 8.86. The Balaban J connectivity index is 1.39. The van der Waals surface area contributed by atoms with E-state index >= 15 is 0 Å². The summed E-state index contributed by atoms with van der Waals surface area (Å²) < 4.78 is 0. The van der Waals surface area contributed by atoms with Crippen LogP contribution in [0.15, 0.2) is 0 Å². The molecule has 154 valence electrons. The van der Waals surface area contributed by atoms with Gasteiger partial charge >= 0.3 is 0 Å². The Morgan fingerprint density at radius 2 is 1.67 bits per heavy atom. The van der Waals surface area contributed by atoms with Crippen LogP contribution < -0.4 is 5.32 Å². The average Bonchev–Trinajstić information content (AvgIpc) is 2.69. The molecule has 0 aromatic rings. The third-order valence-corrected chi connectivity index (χ3v) is 6.89. The highest BCUT2D eigenvalue weighted by Gasteiger charge is 2.29. The lowest BCUT2D eigenvalue weighted by atomic mass is 9.84. The summed E-state index contributed by atoms with van der Waals surface area (Å²) in [6.45, 7) is 11.2. The molecule has 27 heavy (non-hydrogen) atoms. The highest BCUT2D eigenvalue weighted by molar-refractivity contribution is 5.79. The molecule has 6 heteroatoms. The van der Waals surface area contributed by atoms with E-state index in [-0.39, 0.29) is 5.91 Å². The molecule has 0 saturated carbocycles. The van der Waals surface area contributed by atoms with Gasteiger partial charge in [0.2, 0.25) is 11.8 Å². The van der Waals surface area contributed by atoms with E-state index in [4.69, 9.17) is 0 Å². The van der Waals surface area contributed by atoms with E-state index in [1.807, 2.05) is 4.90 Å². The van der Waals surface area contributed by atoms with Crippen LogP contribution in [-0.4, -0.2) is 84.9 Å². The molecule has 2 amide bonds. The Morgan fingerprint density at radius 3 is 2.33 bits per heavy atom. The topological polar surface area (TPSA) is 55.9 Å². The molecule has 0 aliphatic carbocycles. The fraction of sp³-hybridized carbons (Fsp3) is 0.905. The van der Waals surface area contributed by atoms with Crippen LogP contribution >= 0.6 is 0 Å². The first kappa shape index (κ1) is 20.6. The number of nitrogens with zero attached hydrogens (tertiary/aromatic N) is 3. The Morgan fingerprint density at radius 1 is 0.963 bits per heavy atom. The van der Waals surface area contributed by atoms with Crippen LogP contribution in [0, 0.1) is 11.8 Å². The third-order valence-electron chi connectivity index (χ3n) is 6.89. The molecule has 2 unspecified atom stereocenters. The Bertz CT molecular complexity index is 498. The quantitative estimate of drug-likeness (QED) is 0.789. The summed E-state index contributed by atoms with van der Waals surface area (Å²) in [5, 5.41) is 3.40. The van der Waals surface area contributed by atoms with Gasteiger partial charge in [0, 0.05) is 45.2 Å². The molecule has 0 aromatic heterocycles. The zero-order valence-corrected chi connectivity index (χ0v) is 17.3. The molecular weight excluding hydrogens is 340 g/mol. The second kappa shape index (κ2) is 9.87. The van der Waals surface area contributed by atoms with Gasteiger partial charge in [0.25, 0.3) is 0 Å². The number of carbonyl (C=O) groups is 2. The lowest BCUT2D eigenvalue weighted by molar-refractivity contribution is -0.137. The predicted octanol–water partition coefficient (Wildman–Crippen LogP) is 1.56. The summed E-state index contributed by atoms with van der Waals surface area (Å²) in [4.78, 5) is 31.6. The van der Waals surface area contributed by atoms with Crippen molar-refractivity contribution in [3.05, 3.63) is 0 Å². The van der Waals surface area contributed by atoms with Crippen molar-refractivity contribution >= 4 is 11.8 Å². The molecule has 0 bridgehead atoms. The van der Waals surface area contributed by atoms with Crippen LogP contribution in [0.4, 0.5) is 0 Å². The smallest absolute Gasteiger partial charge is 0.236 e. The van der Waals surface area contributed by atoms with Crippen molar-refractivity contribution < 1.29 is 9.59 Å². The van der Waals surface area contributed by atoms with Crippen molar-refractivity contribution in [2.45, 2.75) is 58.4 Å². The van der Waals surface area contributed by atoms with Crippen LogP contribution in [0.3, 0.4) is 0 Å².